The smallest absolute Gasteiger partial charge is 0.316 e. The van der Waals surface area contributed by atoms with Crippen molar-refractivity contribution in [1.29, 1.82) is 0 Å². The van der Waals surface area contributed by atoms with Crippen molar-refractivity contribution in [3.63, 3.8) is 0 Å². The molecule has 0 fully saturated rings. The van der Waals surface area contributed by atoms with Gasteiger partial charge >= 0.3 is 12.0 Å². The lowest BCUT2D eigenvalue weighted by molar-refractivity contribution is -0.142. The van der Waals surface area contributed by atoms with Gasteiger partial charge in [0.25, 0.3) is 10.0 Å². The maximum atomic E-state index is 13.5. The summed E-state index contributed by atoms with van der Waals surface area (Å²) in [5.41, 5.74) is 2.59. The molecular formula is C29H32BrN5O6S. The van der Waals surface area contributed by atoms with Crippen molar-refractivity contribution in [3.8, 4) is 23.0 Å². The van der Waals surface area contributed by atoms with E-state index in [1.807, 2.05) is 45.0 Å². The van der Waals surface area contributed by atoms with Gasteiger partial charge in [-0.2, -0.15) is 0 Å². The Morgan fingerprint density at radius 2 is 1.62 bits per heavy atom. The number of rotatable bonds is 12. The molecule has 2 heterocycles. The van der Waals surface area contributed by atoms with Gasteiger partial charge in [-0.3, -0.25) is 9.52 Å². The number of halogens is 1. The molecule has 11 nitrogen and oxygen atoms in total. The number of ether oxygens (including phenoxy) is 3. The highest BCUT2D eigenvalue weighted by Gasteiger charge is 2.26. The van der Waals surface area contributed by atoms with E-state index in [1.165, 1.54) is 23.7 Å². The third kappa shape index (κ3) is 7.65. The maximum Gasteiger partial charge on any atom is 0.316 e. The first-order valence-electron chi connectivity index (χ1n) is 13.0. The molecule has 0 amide bonds. The lowest BCUT2D eigenvalue weighted by atomic mass is 9.86. The maximum absolute atomic E-state index is 13.5. The van der Waals surface area contributed by atoms with E-state index in [9.17, 15) is 13.2 Å². The van der Waals surface area contributed by atoms with E-state index in [1.54, 1.807) is 31.6 Å². The summed E-state index contributed by atoms with van der Waals surface area (Å²) in [7, 11) is -2.38. The predicted molar refractivity (Wildman–Crippen MR) is 161 cm³/mol. The van der Waals surface area contributed by atoms with Crippen molar-refractivity contribution >= 4 is 37.7 Å². The van der Waals surface area contributed by atoms with Crippen LogP contribution in [0.4, 0.5) is 5.82 Å². The Morgan fingerprint density at radius 3 is 2.24 bits per heavy atom. The Morgan fingerprint density at radius 1 is 1.00 bits per heavy atom. The fourth-order valence-electron chi connectivity index (χ4n) is 3.98. The predicted octanol–water partition coefficient (Wildman–Crippen LogP) is 5.05. The molecule has 4 aromatic rings. The largest absolute Gasteiger partial charge is 0.472 e. The Balaban J connectivity index is 1.57. The number of nitrogens with zero attached hydrogens (tertiary/aromatic N) is 4. The SMILES string of the molecule is CC(=O)OCC(C)(C)c1ccc(S(=O)(=O)Nc2c(-c3ccc(C)cc3)c(OCCOc3ncc(Br)cn3)nn2C)cc1. The molecule has 0 radical (unpaired) electrons. The summed E-state index contributed by atoms with van der Waals surface area (Å²) in [5.74, 6) is 0.105. The third-order valence-corrected chi connectivity index (χ3v) is 8.08. The standard InChI is InChI=1S/C29H32BrN5O6S/c1-19-6-8-21(9-7-19)25-26(35(5)33-27(25)39-14-15-40-28-31-16-23(30)17-32-28)34-42(37,38)24-12-10-22(11-13-24)29(3,4)18-41-20(2)36/h6-13,16-17,34H,14-15,18H2,1-5H3. The molecule has 0 unspecified atom stereocenters. The van der Waals surface area contributed by atoms with Crippen LogP contribution in [-0.4, -0.2) is 54.0 Å². The molecule has 0 spiro atoms. The second-order valence-corrected chi connectivity index (χ2v) is 12.8. The summed E-state index contributed by atoms with van der Waals surface area (Å²) in [6, 6.07) is 14.3. The van der Waals surface area contributed by atoms with Gasteiger partial charge < -0.3 is 14.2 Å². The molecule has 0 saturated carbocycles. The summed E-state index contributed by atoms with van der Waals surface area (Å²) < 4.78 is 48.6. The number of carbonyl (C=O) groups is 1. The average Bonchev–Trinajstić information content (AvgIpc) is 3.25. The van der Waals surface area contributed by atoms with Crippen LogP contribution in [-0.2, 0) is 32.0 Å². The van der Waals surface area contributed by atoms with Crippen LogP contribution in [0.1, 0.15) is 31.9 Å². The van der Waals surface area contributed by atoms with Crippen LogP contribution in [0.5, 0.6) is 11.9 Å². The van der Waals surface area contributed by atoms with Gasteiger partial charge in [-0.05, 0) is 46.1 Å². The minimum Gasteiger partial charge on any atom is -0.472 e. The Bertz CT molecular complexity index is 1640. The number of aromatic nitrogens is 4. The van der Waals surface area contributed by atoms with E-state index in [0.717, 1.165) is 21.2 Å². The lowest BCUT2D eigenvalue weighted by Gasteiger charge is -2.24. The lowest BCUT2D eigenvalue weighted by Crippen LogP contribution is -2.25. The molecular weight excluding hydrogens is 626 g/mol. The number of carbonyl (C=O) groups excluding carboxylic acids is 1. The fourth-order valence-corrected chi connectivity index (χ4v) is 5.29. The molecule has 0 atom stereocenters. The monoisotopic (exact) mass is 657 g/mol. The van der Waals surface area contributed by atoms with Crippen molar-refractivity contribution in [2.75, 3.05) is 24.5 Å². The van der Waals surface area contributed by atoms with Gasteiger partial charge in [-0.25, -0.2) is 23.1 Å². The van der Waals surface area contributed by atoms with Crippen LogP contribution >= 0.6 is 15.9 Å². The molecule has 222 valence electrons. The van der Waals surface area contributed by atoms with Crippen molar-refractivity contribution in [2.24, 2.45) is 7.05 Å². The number of anilines is 1. The highest BCUT2D eigenvalue weighted by molar-refractivity contribution is 9.10. The summed E-state index contributed by atoms with van der Waals surface area (Å²) >= 11 is 3.28. The van der Waals surface area contributed by atoms with Gasteiger partial charge in [0.05, 0.1) is 14.9 Å². The molecule has 4 rings (SSSR count). The molecule has 0 aliphatic heterocycles. The molecule has 13 heteroatoms. The minimum atomic E-state index is -4.01. The summed E-state index contributed by atoms with van der Waals surface area (Å²) in [4.78, 5) is 19.5. The Kier molecular flexibility index (Phi) is 9.52. The zero-order valence-corrected chi connectivity index (χ0v) is 26.3. The van der Waals surface area contributed by atoms with E-state index < -0.39 is 15.4 Å². The second-order valence-electron chi connectivity index (χ2n) is 10.2. The van der Waals surface area contributed by atoms with Crippen molar-refractivity contribution in [3.05, 3.63) is 76.5 Å². The van der Waals surface area contributed by atoms with Crippen molar-refractivity contribution < 1.29 is 27.4 Å². The Labute approximate surface area is 253 Å². The summed E-state index contributed by atoms with van der Waals surface area (Å²) in [6.07, 6.45) is 3.15. The van der Waals surface area contributed by atoms with E-state index in [0.29, 0.717) is 5.56 Å². The number of hydrogen-bond acceptors (Lipinski definition) is 9. The number of hydrogen-bond donors (Lipinski definition) is 1. The number of nitrogens with one attached hydrogen (secondary N) is 1. The number of benzene rings is 2. The molecule has 42 heavy (non-hydrogen) atoms. The zero-order chi connectivity index (χ0) is 30.5. The third-order valence-electron chi connectivity index (χ3n) is 6.32. The molecule has 1 N–H and O–H groups in total. The van der Waals surface area contributed by atoms with Gasteiger partial charge in [0.1, 0.15) is 25.6 Å². The van der Waals surface area contributed by atoms with Crippen LogP contribution in [0.2, 0.25) is 0 Å². The van der Waals surface area contributed by atoms with Gasteiger partial charge in [0.15, 0.2) is 0 Å². The molecule has 2 aromatic carbocycles. The van der Waals surface area contributed by atoms with Crippen LogP contribution in [0.25, 0.3) is 11.1 Å². The molecule has 0 aliphatic rings. The molecule has 0 aliphatic carbocycles. The second kappa shape index (κ2) is 12.9. The van der Waals surface area contributed by atoms with Gasteiger partial charge in [-0.15, -0.1) is 5.10 Å². The number of sulfonamides is 1. The number of esters is 1. The van der Waals surface area contributed by atoms with Crippen molar-refractivity contribution in [1.82, 2.24) is 19.7 Å². The molecule has 2 aromatic heterocycles. The normalized spacial score (nSPS) is 11.7. The topological polar surface area (TPSA) is 135 Å². The zero-order valence-electron chi connectivity index (χ0n) is 23.9. The molecule has 0 bridgehead atoms. The van der Waals surface area contributed by atoms with E-state index in [2.05, 4.69) is 35.7 Å². The van der Waals surface area contributed by atoms with Crippen LogP contribution < -0.4 is 14.2 Å². The quantitative estimate of drug-likeness (QED) is 0.164. The first kappa shape index (κ1) is 31.0. The first-order valence-corrected chi connectivity index (χ1v) is 15.3. The highest BCUT2D eigenvalue weighted by atomic mass is 79.9. The highest BCUT2D eigenvalue weighted by Crippen LogP contribution is 2.38. The van der Waals surface area contributed by atoms with E-state index in [-0.39, 0.29) is 48.4 Å². The minimum absolute atomic E-state index is 0.0657. The number of aryl methyl sites for hydroxylation is 2. The summed E-state index contributed by atoms with van der Waals surface area (Å²) in [5, 5.41) is 4.46. The van der Waals surface area contributed by atoms with Crippen LogP contribution in [0, 0.1) is 6.92 Å². The average molecular weight is 659 g/mol. The molecule has 0 saturated heterocycles. The Hall–Kier alpha value is -3.97. The van der Waals surface area contributed by atoms with Crippen LogP contribution in [0.3, 0.4) is 0 Å². The van der Waals surface area contributed by atoms with Gasteiger partial charge in [0, 0.05) is 31.8 Å². The fraction of sp³-hybridized carbons (Fsp3) is 0.310. The first-order chi connectivity index (χ1) is 19.9. The van der Waals surface area contributed by atoms with Gasteiger partial charge in [0.2, 0.25) is 5.88 Å². The summed E-state index contributed by atoms with van der Waals surface area (Å²) in [6.45, 7) is 7.58. The van der Waals surface area contributed by atoms with Crippen LogP contribution in [0.15, 0.2) is 70.3 Å². The van der Waals surface area contributed by atoms with Gasteiger partial charge in [-0.1, -0.05) is 55.8 Å². The van der Waals surface area contributed by atoms with E-state index in [4.69, 9.17) is 14.2 Å². The van der Waals surface area contributed by atoms with Crippen molar-refractivity contribution in [2.45, 2.75) is 38.0 Å². The van der Waals surface area contributed by atoms with E-state index >= 15 is 0 Å².